The van der Waals surface area contributed by atoms with Gasteiger partial charge in [0.2, 0.25) is 0 Å². The first-order chi connectivity index (χ1) is 6.63. The first kappa shape index (κ1) is 11.5. The maximum atomic E-state index is 8.83. The highest BCUT2D eigenvalue weighted by Gasteiger charge is 2.00. The molecule has 0 fully saturated rings. The van der Waals surface area contributed by atoms with Crippen LogP contribution in [0, 0.1) is 6.92 Å². The summed E-state index contributed by atoms with van der Waals surface area (Å²) in [6.45, 7) is 4.86. The lowest BCUT2D eigenvalue weighted by molar-refractivity contribution is 0.251. The molecule has 78 valence electrons. The summed E-state index contributed by atoms with van der Waals surface area (Å²) >= 11 is 5.91. The summed E-state index contributed by atoms with van der Waals surface area (Å²) in [5, 5.41) is 12.8. The van der Waals surface area contributed by atoms with E-state index in [1.807, 2.05) is 26.0 Å². The zero-order valence-electron chi connectivity index (χ0n) is 8.55. The predicted octanol–water partition coefficient (Wildman–Crippen LogP) is 2.12. The summed E-state index contributed by atoms with van der Waals surface area (Å²) in [6.07, 6.45) is 0. The van der Waals surface area contributed by atoms with Crippen molar-refractivity contribution in [1.29, 1.82) is 0 Å². The van der Waals surface area contributed by atoms with Gasteiger partial charge in [-0.25, -0.2) is 0 Å². The lowest BCUT2D eigenvalue weighted by Crippen LogP contribution is -2.28. The van der Waals surface area contributed by atoms with Crippen molar-refractivity contribution in [3.63, 3.8) is 0 Å². The van der Waals surface area contributed by atoms with Gasteiger partial charge in [-0.2, -0.15) is 0 Å². The summed E-state index contributed by atoms with van der Waals surface area (Å²) in [5.41, 5.74) is 2.27. The minimum atomic E-state index is 0.131. The lowest BCUT2D eigenvalue weighted by Gasteiger charge is -2.11. The molecule has 0 amide bonds. The molecule has 0 saturated carbocycles. The fourth-order valence-corrected chi connectivity index (χ4v) is 1.29. The Morgan fingerprint density at radius 2 is 2.21 bits per heavy atom. The molecule has 1 rings (SSSR count). The number of nitrogens with one attached hydrogen (secondary N) is 1. The number of hydrogen-bond acceptors (Lipinski definition) is 2. The minimum absolute atomic E-state index is 0.131. The maximum Gasteiger partial charge on any atom is 0.0582 e. The number of halogens is 1. The highest BCUT2D eigenvalue weighted by atomic mass is 35.5. The normalized spacial score (nSPS) is 12.9. The van der Waals surface area contributed by atoms with Gasteiger partial charge in [0, 0.05) is 17.6 Å². The summed E-state index contributed by atoms with van der Waals surface area (Å²) in [7, 11) is 0. The topological polar surface area (TPSA) is 32.3 Å². The molecule has 1 aromatic carbocycles. The first-order valence-electron chi connectivity index (χ1n) is 4.72. The van der Waals surface area contributed by atoms with Crippen LogP contribution in [-0.2, 0) is 6.54 Å². The van der Waals surface area contributed by atoms with Crippen LogP contribution in [0.2, 0.25) is 5.02 Å². The molecule has 0 spiro atoms. The zero-order valence-corrected chi connectivity index (χ0v) is 9.30. The summed E-state index contributed by atoms with van der Waals surface area (Å²) in [6, 6.07) is 6.08. The average molecular weight is 214 g/mol. The summed E-state index contributed by atoms with van der Waals surface area (Å²) in [4.78, 5) is 0. The van der Waals surface area contributed by atoms with E-state index in [0.29, 0.717) is 0 Å². The van der Waals surface area contributed by atoms with Gasteiger partial charge in [0.05, 0.1) is 6.61 Å². The molecule has 0 aliphatic carbocycles. The monoisotopic (exact) mass is 213 g/mol. The Balaban J connectivity index is 2.55. The highest BCUT2D eigenvalue weighted by molar-refractivity contribution is 6.31. The number of rotatable bonds is 4. The van der Waals surface area contributed by atoms with Crippen molar-refractivity contribution in [2.75, 3.05) is 6.61 Å². The quantitative estimate of drug-likeness (QED) is 0.803. The number of aliphatic hydroxyl groups is 1. The van der Waals surface area contributed by atoms with Crippen molar-refractivity contribution in [2.24, 2.45) is 0 Å². The van der Waals surface area contributed by atoms with E-state index >= 15 is 0 Å². The molecule has 0 saturated heterocycles. The number of aliphatic hydroxyl groups excluding tert-OH is 1. The standard InChI is InChI=1S/C11H16ClNO/c1-8-5-10(3-4-11(8)12)6-13-9(2)7-14/h3-5,9,13-14H,6-7H2,1-2H3. The van der Waals surface area contributed by atoms with Gasteiger partial charge >= 0.3 is 0 Å². The van der Waals surface area contributed by atoms with E-state index in [1.54, 1.807) is 0 Å². The van der Waals surface area contributed by atoms with Gasteiger partial charge in [0.15, 0.2) is 0 Å². The molecular weight excluding hydrogens is 198 g/mol. The zero-order chi connectivity index (χ0) is 10.6. The van der Waals surface area contributed by atoms with E-state index in [1.165, 1.54) is 5.56 Å². The van der Waals surface area contributed by atoms with Crippen LogP contribution >= 0.6 is 11.6 Å². The summed E-state index contributed by atoms with van der Waals surface area (Å²) in [5.74, 6) is 0. The van der Waals surface area contributed by atoms with Gasteiger partial charge in [0.1, 0.15) is 0 Å². The van der Waals surface area contributed by atoms with Crippen LogP contribution in [-0.4, -0.2) is 17.8 Å². The first-order valence-corrected chi connectivity index (χ1v) is 5.10. The van der Waals surface area contributed by atoms with Crippen molar-refractivity contribution < 1.29 is 5.11 Å². The Morgan fingerprint density at radius 1 is 1.50 bits per heavy atom. The molecule has 3 heteroatoms. The van der Waals surface area contributed by atoms with Gasteiger partial charge in [-0.15, -0.1) is 0 Å². The van der Waals surface area contributed by atoms with Crippen LogP contribution in [0.25, 0.3) is 0 Å². The molecule has 1 atom stereocenters. The molecule has 0 bridgehead atoms. The molecular formula is C11H16ClNO. The average Bonchev–Trinajstić information content (AvgIpc) is 2.19. The van der Waals surface area contributed by atoms with Crippen LogP contribution in [0.1, 0.15) is 18.1 Å². The van der Waals surface area contributed by atoms with E-state index < -0.39 is 0 Å². The Bertz CT molecular complexity index is 301. The summed E-state index contributed by atoms with van der Waals surface area (Å²) < 4.78 is 0. The molecule has 2 N–H and O–H groups in total. The van der Waals surface area contributed by atoms with E-state index in [0.717, 1.165) is 17.1 Å². The molecule has 1 aromatic rings. The number of hydrogen-bond donors (Lipinski definition) is 2. The van der Waals surface area contributed by atoms with Crippen molar-refractivity contribution in [3.8, 4) is 0 Å². The Morgan fingerprint density at radius 3 is 2.79 bits per heavy atom. The molecule has 0 aliphatic heterocycles. The van der Waals surface area contributed by atoms with Crippen molar-refractivity contribution >= 4 is 11.6 Å². The number of benzene rings is 1. The van der Waals surface area contributed by atoms with Crippen LogP contribution < -0.4 is 5.32 Å². The van der Waals surface area contributed by atoms with Crippen molar-refractivity contribution in [2.45, 2.75) is 26.4 Å². The third-order valence-electron chi connectivity index (χ3n) is 2.15. The minimum Gasteiger partial charge on any atom is -0.395 e. The van der Waals surface area contributed by atoms with Crippen LogP contribution in [0.3, 0.4) is 0 Å². The van der Waals surface area contributed by atoms with Crippen LogP contribution in [0.5, 0.6) is 0 Å². The predicted molar refractivity (Wildman–Crippen MR) is 59.6 cm³/mol. The number of aryl methyl sites for hydroxylation is 1. The second-order valence-electron chi connectivity index (χ2n) is 3.55. The Hall–Kier alpha value is -0.570. The maximum absolute atomic E-state index is 8.83. The van der Waals surface area contributed by atoms with E-state index in [-0.39, 0.29) is 12.6 Å². The van der Waals surface area contributed by atoms with Gasteiger partial charge in [-0.05, 0) is 31.0 Å². The molecule has 1 unspecified atom stereocenters. The largest absolute Gasteiger partial charge is 0.395 e. The fourth-order valence-electron chi connectivity index (χ4n) is 1.17. The lowest BCUT2D eigenvalue weighted by atomic mass is 10.1. The van der Waals surface area contributed by atoms with Crippen molar-refractivity contribution in [1.82, 2.24) is 5.32 Å². The molecule has 2 nitrogen and oxygen atoms in total. The van der Waals surface area contributed by atoms with Crippen molar-refractivity contribution in [3.05, 3.63) is 34.3 Å². The third kappa shape index (κ3) is 3.29. The van der Waals surface area contributed by atoms with E-state index in [9.17, 15) is 0 Å². The SMILES string of the molecule is Cc1cc(CNC(C)CO)ccc1Cl. The van der Waals surface area contributed by atoms with E-state index in [2.05, 4.69) is 11.4 Å². The Labute approximate surface area is 89.9 Å². The molecule has 0 radical (unpaired) electrons. The van der Waals surface area contributed by atoms with E-state index in [4.69, 9.17) is 16.7 Å². The molecule has 0 heterocycles. The fraction of sp³-hybridized carbons (Fsp3) is 0.455. The molecule has 14 heavy (non-hydrogen) atoms. The highest BCUT2D eigenvalue weighted by Crippen LogP contribution is 2.16. The van der Waals surface area contributed by atoms with Crippen LogP contribution in [0.15, 0.2) is 18.2 Å². The molecule has 0 aromatic heterocycles. The third-order valence-corrected chi connectivity index (χ3v) is 2.57. The Kier molecular flexibility index (Phi) is 4.39. The van der Waals surface area contributed by atoms with Gasteiger partial charge in [0.25, 0.3) is 0 Å². The second kappa shape index (κ2) is 5.35. The molecule has 0 aliphatic rings. The smallest absolute Gasteiger partial charge is 0.0582 e. The van der Waals surface area contributed by atoms with Crippen LogP contribution in [0.4, 0.5) is 0 Å². The van der Waals surface area contributed by atoms with Gasteiger partial charge < -0.3 is 10.4 Å². The van der Waals surface area contributed by atoms with Gasteiger partial charge in [-0.3, -0.25) is 0 Å². The second-order valence-corrected chi connectivity index (χ2v) is 3.96. The van der Waals surface area contributed by atoms with Gasteiger partial charge in [-0.1, -0.05) is 23.7 Å².